The monoisotopic (exact) mass is 474 g/mol. The fourth-order valence-electron chi connectivity index (χ4n) is 1.39. The fraction of sp³-hybridized carbons (Fsp3) is 0.286. The molecular weight excluding hydrogens is 444 g/mol. The maximum absolute atomic E-state index is 9.49. The summed E-state index contributed by atoms with van der Waals surface area (Å²) < 4.78 is 31.0. The lowest BCUT2D eigenvalue weighted by molar-refractivity contribution is -0.299. The van der Waals surface area contributed by atoms with Crippen LogP contribution in [-0.2, 0) is 41.2 Å². The first kappa shape index (κ1) is 30.4. The van der Waals surface area contributed by atoms with E-state index in [1.165, 1.54) is 16.7 Å². The second-order valence-corrected chi connectivity index (χ2v) is 11.3. The van der Waals surface area contributed by atoms with E-state index in [-0.39, 0.29) is 5.57 Å². The highest BCUT2D eigenvalue weighted by atomic mass is 32.3. The van der Waals surface area contributed by atoms with Crippen LogP contribution < -0.4 is 5.11 Å². The molecule has 0 spiro atoms. The second kappa shape index (κ2) is 17.0. The van der Waals surface area contributed by atoms with Crippen molar-refractivity contribution in [3.8, 4) is 0 Å². The van der Waals surface area contributed by atoms with Crippen molar-refractivity contribution in [3.05, 3.63) is 72.8 Å². The van der Waals surface area contributed by atoms with Crippen molar-refractivity contribution in [2.24, 2.45) is 0 Å². The Labute approximate surface area is 186 Å². The van der Waals surface area contributed by atoms with E-state index in [4.69, 9.17) is 0 Å². The summed E-state index contributed by atoms with van der Waals surface area (Å²) in [5.74, 6) is -1.19. The van der Waals surface area contributed by atoms with E-state index in [0.717, 1.165) is 7.11 Å². The van der Waals surface area contributed by atoms with Gasteiger partial charge in [0.15, 0.2) is 9.79 Å². The number of benzene rings is 2. The molecule has 0 bridgehead atoms. The Hall–Kier alpha value is -1.78. The van der Waals surface area contributed by atoms with Crippen molar-refractivity contribution in [3.63, 3.8) is 0 Å². The van der Waals surface area contributed by atoms with Crippen molar-refractivity contribution in [1.29, 1.82) is 0 Å². The SMILES string of the molecule is C=C(C)C(=O)[O-].COS(=O)(=O)[O-].C[S+](C)c1ccccc1.C[S+](C)c1ccccc1. The number of carboxylic acids is 1. The van der Waals surface area contributed by atoms with Crippen LogP contribution in [-0.4, -0.2) is 51.1 Å². The minimum atomic E-state index is -4.41. The lowest BCUT2D eigenvalue weighted by Crippen LogP contribution is -2.22. The van der Waals surface area contributed by atoms with Gasteiger partial charge in [0, 0.05) is 21.8 Å². The van der Waals surface area contributed by atoms with E-state index in [1.54, 1.807) is 0 Å². The molecule has 0 aromatic heterocycles. The van der Waals surface area contributed by atoms with Gasteiger partial charge in [-0.15, -0.1) is 0 Å². The summed E-state index contributed by atoms with van der Waals surface area (Å²) in [6.07, 6.45) is 8.93. The number of aliphatic carboxylic acids is 1. The molecule has 2 aromatic carbocycles. The fourth-order valence-corrected chi connectivity index (χ4v) is 2.79. The molecule has 0 saturated heterocycles. The van der Waals surface area contributed by atoms with Gasteiger partial charge in [0.2, 0.25) is 10.4 Å². The van der Waals surface area contributed by atoms with E-state index in [0.29, 0.717) is 21.8 Å². The Kier molecular flexibility index (Phi) is 17.2. The van der Waals surface area contributed by atoms with E-state index in [1.807, 2.05) is 0 Å². The van der Waals surface area contributed by atoms with Crippen LogP contribution in [0.5, 0.6) is 0 Å². The summed E-state index contributed by atoms with van der Waals surface area (Å²) in [5, 5.41) is 9.49. The third-order valence-electron chi connectivity index (χ3n) is 2.98. The van der Waals surface area contributed by atoms with Crippen molar-refractivity contribution < 1.29 is 27.1 Å². The summed E-state index contributed by atoms with van der Waals surface area (Å²) in [6, 6.07) is 21.1. The number of rotatable bonds is 4. The summed E-state index contributed by atoms with van der Waals surface area (Å²) in [4.78, 5) is 12.4. The largest absolute Gasteiger partial charge is 0.726 e. The molecule has 0 N–H and O–H groups in total. The first-order valence-corrected chi connectivity index (χ1v) is 13.9. The van der Waals surface area contributed by atoms with E-state index in [9.17, 15) is 22.9 Å². The molecule has 0 amide bonds. The molecule has 2 rings (SSSR count). The quantitative estimate of drug-likeness (QED) is 0.291. The predicted octanol–water partition coefficient (Wildman–Crippen LogP) is 2.25. The molecule has 0 aliphatic carbocycles. The van der Waals surface area contributed by atoms with Gasteiger partial charge in [-0.1, -0.05) is 43.0 Å². The molecule has 0 fully saturated rings. The van der Waals surface area contributed by atoms with Gasteiger partial charge in [-0.3, -0.25) is 4.18 Å². The zero-order valence-electron chi connectivity index (χ0n) is 18.2. The van der Waals surface area contributed by atoms with Crippen LogP contribution in [0.15, 0.2) is 82.6 Å². The average Bonchev–Trinajstić information content (AvgIpc) is 2.70. The van der Waals surface area contributed by atoms with Gasteiger partial charge in [-0.25, -0.2) is 8.42 Å². The number of carbonyl (C=O) groups excluding carboxylic acids is 1. The van der Waals surface area contributed by atoms with E-state index < -0.39 is 16.4 Å². The smallest absolute Gasteiger partial charge is 0.217 e. The van der Waals surface area contributed by atoms with Gasteiger partial charge in [0.25, 0.3) is 0 Å². The van der Waals surface area contributed by atoms with Gasteiger partial charge in [0.05, 0.1) is 13.1 Å². The molecule has 0 aliphatic heterocycles. The molecule has 30 heavy (non-hydrogen) atoms. The topological polar surface area (TPSA) is 107 Å². The first-order chi connectivity index (χ1) is 13.8. The normalized spacial score (nSPS) is 9.90. The minimum absolute atomic E-state index is 0.0648. The van der Waals surface area contributed by atoms with Crippen LogP contribution in [0, 0.1) is 0 Å². The minimum Gasteiger partial charge on any atom is -0.726 e. The average molecular weight is 475 g/mol. The molecule has 0 radical (unpaired) electrons. The molecule has 0 atom stereocenters. The standard InChI is InChI=1S/2C8H11S.C4H6O2.CH4O4S/c2*1-9(2)8-6-4-3-5-7-8;1-3(2)4(5)6;1-5-6(2,3)4/h2*3-7H,1-2H3;1H2,2H3,(H,5,6);1H3,(H,2,3,4)/q2*+1;;/p-2. The molecule has 168 valence electrons. The molecule has 2 aromatic rings. The van der Waals surface area contributed by atoms with Gasteiger partial charge in [0.1, 0.15) is 25.0 Å². The van der Waals surface area contributed by atoms with Crippen LogP contribution in [0.1, 0.15) is 6.92 Å². The van der Waals surface area contributed by atoms with Crippen molar-refractivity contribution >= 4 is 38.2 Å². The predicted molar refractivity (Wildman–Crippen MR) is 124 cm³/mol. The van der Waals surface area contributed by atoms with Gasteiger partial charge in [-0.2, -0.15) is 0 Å². The second-order valence-electron chi connectivity index (χ2n) is 5.90. The maximum atomic E-state index is 9.49. The molecular formula is C21H30O6S3. The Bertz CT molecular complexity index is 765. The van der Waals surface area contributed by atoms with Crippen LogP contribution in [0.3, 0.4) is 0 Å². The highest BCUT2D eigenvalue weighted by Crippen LogP contribution is 2.06. The first-order valence-electron chi connectivity index (χ1n) is 8.45. The molecule has 9 heteroatoms. The Morgan fingerprint density at radius 2 is 1.10 bits per heavy atom. The van der Waals surface area contributed by atoms with Crippen molar-refractivity contribution in [2.75, 3.05) is 32.1 Å². The summed E-state index contributed by atoms with van der Waals surface area (Å²) in [6.45, 7) is 4.48. The number of hydrogen-bond donors (Lipinski definition) is 0. The van der Waals surface area contributed by atoms with Crippen molar-refractivity contribution in [2.45, 2.75) is 16.7 Å². The third-order valence-corrected chi connectivity index (χ3v) is 5.82. The van der Waals surface area contributed by atoms with Crippen LogP contribution in [0.4, 0.5) is 0 Å². The maximum Gasteiger partial charge on any atom is 0.217 e. The zero-order chi connectivity index (χ0) is 23.7. The van der Waals surface area contributed by atoms with Crippen LogP contribution >= 0.6 is 0 Å². The Balaban J connectivity index is 0. The Morgan fingerprint density at radius 3 is 1.20 bits per heavy atom. The Morgan fingerprint density at radius 1 is 0.867 bits per heavy atom. The summed E-state index contributed by atoms with van der Waals surface area (Å²) in [7, 11) is -2.76. The van der Waals surface area contributed by atoms with Gasteiger partial charge < -0.3 is 14.5 Å². The van der Waals surface area contributed by atoms with E-state index in [2.05, 4.69) is 96.4 Å². The summed E-state index contributed by atoms with van der Waals surface area (Å²) >= 11 is 0. The summed E-state index contributed by atoms with van der Waals surface area (Å²) in [5.41, 5.74) is 0.0648. The number of carboxylic acid groups (broad SMARTS) is 1. The zero-order valence-corrected chi connectivity index (χ0v) is 20.6. The van der Waals surface area contributed by atoms with E-state index >= 15 is 0 Å². The lowest BCUT2D eigenvalue weighted by atomic mass is 10.4. The van der Waals surface area contributed by atoms with Gasteiger partial charge >= 0.3 is 0 Å². The molecule has 0 unspecified atom stereocenters. The van der Waals surface area contributed by atoms with Crippen LogP contribution in [0.2, 0.25) is 0 Å². The van der Waals surface area contributed by atoms with Crippen molar-refractivity contribution in [1.82, 2.24) is 0 Å². The number of hydrogen-bond acceptors (Lipinski definition) is 6. The number of carbonyl (C=O) groups is 1. The molecule has 0 aliphatic rings. The van der Waals surface area contributed by atoms with Gasteiger partial charge in [-0.05, 0) is 36.8 Å². The molecule has 0 saturated carbocycles. The highest BCUT2D eigenvalue weighted by molar-refractivity contribution is 7.95. The molecule has 6 nitrogen and oxygen atoms in total. The lowest BCUT2D eigenvalue weighted by Gasteiger charge is -1.98. The highest BCUT2D eigenvalue weighted by Gasteiger charge is 2.04. The molecule has 0 heterocycles. The third kappa shape index (κ3) is 19.5. The van der Waals surface area contributed by atoms with Crippen LogP contribution in [0.25, 0.3) is 0 Å².